The minimum Gasteiger partial charge on any atom is -0.480 e. The van der Waals surface area contributed by atoms with Gasteiger partial charge in [0.15, 0.2) is 0 Å². The molecule has 20 heavy (non-hydrogen) atoms. The molecule has 104 valence electrons. The third kappa shape index (κ3) is 3.51. The van der Waals surface area contributed by atoms with Crippen LogP contribution in [0.2, 0.25) is 5.02 Å². The third-order valence-electron chi connectivity index (χ3n) is 2.55. The van der Waals surface area contributed by atoms with Crippen LogP contribution in [0, 0.1) is 3.57 Å². The molecule has 0 aliphatic heterocycles. The van der Waals surface area contributed by atoms with Crippen molar-refractivity contribution in [3.05, 3.63) is 50.8 Å². The second-order valence-electron chi connectivity index (χ2n) is 3.99. The Morgan fingerprint density at radius 2 is 2.10 bits per heavy atom. The molecule has 1 amide bonds. The molecular weight excluding hydrogens is 395 g/mol. The summed E-state index contributed by atoms with van der Waals surface area (Å²) in [6, 6.07) is 8.31. The fourth-order valence-corrected chi connectivity index (χ4v) is 2.69. The number of carbonyl (C=O) groups excluding carboxylic acids is 1. The van der Waals surface area contributed by atoms with Crippen LogP contribution in [-0.2, 0) is 11.3 Å². The number of anilines is 1. The Hall–Kier alpha value is -1.54. The van der Waals surface area contributed by atoms with Gasteiger partial charge in [-0.3, -0.25) is 9.59 Å². The third-order valence-corrected chi connectivity index (χ3v) is 3.67. The van der Waals surface area contributed by atoms with Crippen LogP contribution in [-0.4, -0.2) is 21.6 Å². The lowest BCUT2D eigenvalue weighted by molar-refractivity contribution is -0.137. The van der Waals surface area contributed by atoms with Crippen molar-refractivity contribution in [1.82, 2.24) is 4.57 Å². The summed E-state index contributed by atoms with van der Waals surface area (Å²) in [5.74, 6) is -1.37. The van der Waals surface area contributed by atoms with E-state index in [4.69, 9.17) is 16.7 Å². The van der Waals surface area contributed by atoms with E-state index in [0.29, 0.717) is 10.7 Å². The SMILES string of the molecule is O=C(O)Cn1cccc1C(=O)Nc1ccc(Cl)cc1I. The number of rotatable bonds is 4. The minimum atomic E-state index is -1.00. The van der Waals surface area contributed by atoms with E-state index >= 15 is 0 Å². The summed E-state index contributed by atoms with van der Waals surface area (Å²) in [5, 5.41) is 12.1. The lowest BCUT2D eigenvalue weighted by Gasteiger charge is -2.09. The molecule has 1 heterocycles. The molecule has 5 nitrogen and oxygen atoms in total. The van der Waals surface area contributed by atoms with E-state index < -0.39 is 5.97 Å². The summed E-state index contributed by atoms with van der Waals surface area (Å²) >= 11 is 7.91. The summed E-state index contributed by atoms with van der Waals surface area (Å²) in [5.41, 5.74) is 0.918. The van der Waals surface area contributed by atoms with E-state index in [1.54, 1.807) is 36.5 Å². The molecule has 0 fully saturated rings. The highest BCUT2D eigenvalue weighted by atomic mass is 127. The number of carbonyl (C=O) groups is 2. The van der Waals surface area contributed by atoms with E-state index in [-0.39, 0.29) is 18.1 Å². The molecule has 0 saturated carbocycles. The normalized spacial score (nSPS) is 10.3. The molecule has 0 aliphatic rings. The molecule has 0 unspecified atom stereocenters. The van der Waals surface area contributed by atoms with Crippen molar-refractivity contribution >= 4 is 51.8 Å². The molecule has 7 heteroatoms. The number of nitrogens with zero attached hydrogens (tertiary/aromatic N) is 1. The van der Waals surface area contributed by atoms with E-state index in [2.05, 4.69) is 27.9 Å². The van der Waals surface area contributed by atoms with Crippen LogP contribution in [0.1, 0.15) is 10.5 Å². The van der Waals surface area contributed by atoms with E-state index in [9.17, 15) is 9.59 Å². The number of carboxylic acid groups (broad SMARTS) is 1. The van der Waals surface area contributed by atoms with Crippen molar-refractivity contribution in [3.63, 3.8) is 0 Å². The Morgan fingerprint density at radius 3 is 2.75 bits per heavy atom. The van der Waals surface area contributed by atoms with E-state index in [1.807, 2.05) is 0 Å². The van der Waals surface area contributed by atoms with Crippen LogP contribution >= 0.6 is 34.2 Å². The van der Waals surface area contributed by atoms with Crippen molar-refractivity contribution in [3.8, 4) is 0 Å². The zero-order valence-corrected chi connectivity index (χ0v) is 13.1. The lowest BCUT2D eigenvalue weighted by Crippen LogP contribution is -2.19. The molecule has 2 rings (SSSR count). The quantitative estimate of drug-likeness (QED) is 0.770. The predicted molar refractivity (Wildman–Crippen MR) is 84.2 cm³/mol. The van der Waals surface area contributed by atoms with Gasteiger partial charge in [0.25, 0.3) is 5.91 Å². The lowest BCUT2D eigenvalue weighted by atomic mass is 10.3. The maximum absolute atomic E-state index is 12.2. The molecule has 1 aromatic heterocycles. The van der Waals surface area contributed by atoms with Crippen LogP contribution in [0.4, 0.5) is 5.69 Å². The number of amides is 1. The topological polar surface area (TPSA) is 71.3 Å². The highest BCUT2D eigenvalue weighted by Gasteiger charge is 2.14. The van der Waals surface area contributed by atoms with E-state index in [0.717, 1.165) is 3.57 Å². The smallest absolute Gasteiger partial charge is 0.323 e. The Balaban J connectivity index is 2.20. The number of hydrogen-bond acceptors (Lipinski definition) is 2. The maximum Gasteiger partial charge on any atom is 0.323 e. The van der Waals surface area contributed by atoms with Crippen molar-refractivity contribution in [2.45, 2.75) is 6.54 Å². The summed E-state index contributed by atoms with van der Waals surface area (Å²) in [4.78, 5) is 22.9. The molecular formula is C13H10ClIN2O3. The second-order valence-corrected chi connectivity index (χ2v) is 5.59. The molecule has 0 saturated heterocycles. The van der Waals surface area contributed by atoms with Gasteiger partial charge < -0.3 is 15.0 Å². The van der Waals surface area contributed by atoms with Crippen LogP contribution in [0.3, 0.4) is 0 Å². The summed E-state index contributed by atoms with van der Waals surface area (Å²) in [6.07, 6.45) is 1.55. The van der Waals surface area contributed by atoms with Crippen LogP contribution < -0.4 is 5.32 Å². The number of aromatic nitrogens is 1. The molecule has 2 aromatic rings. The fourth-order valence-electron chi connectivity index (χ4n) is 1.68. The van der Waals surface area contributed by atoms with Gasteiger partial charge in [-0.2, -0.15) is 0 Å². The van der Waals surface area contributed by atoms with Gasteiger partial charge in [0, 0.05) is 14.8 Å². The first-order chi connectivity index (χ1) is 9.47. The van der Waals surface area contributed by atoms with Crippen LogP contribution in [0.15, 0.2) is 36.5 Å². The van der Waals surface area contributed by atoms with Crippen molar-refractivity contribution in [2.75, 3.05) is 5.32 Å². The summed E-state index contributed by atoms with van der Waals surface area (Å²) < 4.78 is 2.18. The monoisotopic (exact) mass is 404 g/mol. The number of carboxylic acids is 1. The first-order valence-electron chi connectivity index (χ1n) is 5.60. The Labute approximate surface area is 133 Å². The number of halogens is 2. The van der Waals surface area contributed by atoms with Crippen LogP contribution in [0.5, 0.6) is 0 Å². The highest BCUT2D eigenvalue weighted by molar-refractivity contribution is 14.1. The fraction of sp³-hybridized carbons (Fsp3) is 0.0769. The number of benzene rings is 1. The Bertz CT molecular complexity index is 669. The standard InChI is InChI=1S/C13H10ClIN2O3/c14-8-3-4-10(9(15)6-8)16-13(20)11-2-1-5-17(11)7-12(18)19/h1-6H,7H2,(H,16,20)(H,18,19). The molecule has 0 atom stereocenters. The molecule has 0 bridgehead atoms. The predicted octanol–water partition coefficient (Wildman–Crippen LogP) is 3.08. The molecule has 0 radical (unpaired) electrons. The van der Waals surface area contributed by atoms with Crippen molar-refractivity contribution < 1.29 is 14.7 Å². The van der Waals surface area contributed by atoms with Gasteiger partial charge in [-0.15, -0.1) is 0 Å². The number of hydrogen-bond donors (Lipinski definition) is 2. The van der Waals surface area contributed by atoms with E-state index in [1.165, 1.54) is 4.57 Å². The van der Waals surface area contributed by atoms with Crippen LogP contribution in [0.25, 0.3) is 0 Å². The Morgan fingerprint density at radius 1 is 1.35 bits per heavy atom. The summed E-state index contributed by atoms with van der Waals surface area (Å²) in [7, 11) is 0. The van der Waals surface area contributed by atoms with Crippen molar-refractivity contribution in [1.29, 1.82) is 0 Å². The first kappa shape index (κ1) is 14.9. The first-order valence-corrected chi connectivity index (χ1v) is 7.06. The van der Waals surface area contributed by atoms with Gasteiger partial charge >= 0.3 is 5.97 Å². The maximum atomic E-state index is 12.2. The van der Waals surface area contributed by atoms with Gasteiger partial charge in [-0.1, -0.05) is 11.6 Å². The number of nitrogens with one attached hydrogen (secondary N) is 1. The van der Waals surface area contributed by atoms with Gasteiger partial charge in [-0.05, 0) is 52.9 Å². The zero-order chi connectivity index (χ0) is 14.7. The van der Waals surface area contributed by atoms with Gasteiger partial charge in [0.2, 0.25) is 0 Å². The molecule has 2 N–H and O–H groups in total. The molecule has 1 aromatic carbocycles. The number of aliphatic carboxylic acids is 1. The average molecular weight is 405 g/mol. The zero-order valence-electron chi connectivity index (χ0n) is 10.1. The molecule has 0 spiro atoms. The van der Waals surface area contributed by atoms with Gasteiger partial charge in [0.05, 0.1) is 5.69 Å². The highest BCUT2D eigenvalue weighted by Crippen LogP contribution is 2.22. The average Bonchev–Trinajstić information content (AvgIpc) is 2.80. The largest absolute Gasteiger partial charge is 0.480 e. The van der Waals surface area contributed by atoms with Crippen molar-refractivity contribution in [2.24, 2.45) is 0 Å². The van der Waals surface area contributed by atoms with Gasteiger partial charge in [0.1, 0.15) is 12.2 Å². The Kier molecular flexibility index (Phi) is 4.66. The summed E-state index contributed by atoms with van der Waals surface area (Å²) in [6.45, 7) is -0.256. The minimum absolute atomic E-state index is 0.256. The second kappa shape index (κ2) is 6.27. The van der Waals surface area contributed by atoms with Gasteiger partial charge in [-0.25, -0.2) is 0 Å². The molecule has 0 aliphatic carbocycles.